The van der Waals surface area contributed by atoms with Gasteiger partial charge in [-0.25, -0.2) is 0 Å². The van der Waals surface area contributed by atoms with E-state index >= 15 is 0 Å². The normalized spacial score (nSPS) is 12.2. The number of aryl methyl sites for hydroxylation is 6. The molecule has 1 radical (unpaired) electrons. The van der Waals surface area contributed by atoms with Gasteiger partial charge in [0.25, 0.3) is 0 Å². The maximum atomic E-state index is 4.22. The van der Waals surface area contributed by atoms with Crippen molar-refractivity contribution < 1.29 is 20.1 Å². The number of rotatable bonds is 3. The average molecular weight is 652 g/mol. The molecule has 1 aromatic heterocycles. The Balaban J connectivity index is 0.000000234. The monoisotopic (exact) mass is 652 g/mol. The first-order valence-electron chi connectivity index (χ1n) is 12.0. The molecule has 0 atom stereocenters. The van der Waals surface area contributed by atoms with Gasteiger partial charge in [0.2, 0.25) is 0 Å². The van der Waals surface area contributed by atoms with Gasteiger partial charge in [0.05, 0.1) is 0 Å². The van der Waals surface area contributed by atoms with Crippen molar-refractivity contribution in [1.82, 2.24) is 4.98 Å². The molecule has 0 saturated heterocycles. The Morgan fingerprint density at radius 3 is 1.58 bits per heavy atom. The number of hydrogen-bond acceptors (Lipinski definition) is 3. The quantitative estimate of drug-likeness (QED) is 0.209. The third-order valence-electron chi connectivity index (χ3n) is 6.07. The van der Waals surface area contributed by atoms with Gasteiger partial charge in [-0.15, -0.1) is 42.6 Å². The number of nitrogens with zero attached hydrogens (tertiary/aromatic N) is 3. The summed E-state index contributed by atoms with van der Waals surface area (Å²) in [6.07, 6.45) is 6.07. The molecule has 0 unspecified atom stereocenters. The second-order valence-corrected chi connectivity index (χ2v) is 9.21. The van der Waals surface area contributed by atoms with Gasteiger partial charge >= 0.3 is 0 Å². The first-order chi connectivity index (χ1) is 16.8. The van der Waals surface area contributed by atoms with Crippen LogP contribution in [0.1, 0.15) is 33.4 Å². The Hall–Kier alpha value is -3.20. The van der Waals surface area contributed by atoms with E-state index in [-0.39, 0.29) is 20.1 Å². The fourth-order valence-electron chi connectivity index (χ4n) is 4.85. The molecule has 0 amide bonds. The van der Waals surface area contributed by atoms with Crippen molar-refractivity contribution in [2.75, 3.05) is 9.80 Å². The van der Waals surface area contributed by atoms with Crippen molar-refractivity contribution >= 4 is 11.4 Å². The van der Waals surface area contributed by atoms with Crippen LogP contribution < -0.4 is 9.80 Å². The molecule has 0 spiro atoms. The Labute approximate surface area is 229 Å². The van der Waals surface area contributed by atoms with E-state index in [2.05, 4.69) is 106 Å². The third kappa shape index (κ3) is 6.32. The largest absolute Gasteiger partial charge is 0.479 e. The van der Waals surface area contributed by atoms with Gasteiger partial charge in [-0.2, -0.15) is 0 Å². The van der Waals surface area contributed by atoms with Crippen LogP contribution in [0.2, 0.25) is 0 Å². The second kappa shape index (κ2) is 12.2. The molecule has 4 aromatic rings. The summed E-state index contributed by atoms with van der Waals surface area (Å²) in [5.74, 6) is 0. The zero-order chi connectivity index (χ0) is 24.9. The van der Waals surface area contributed by atoms with E-state index in [0.717, 1.165) is 11.3 Å². The fourth-order valence-corrected chi connectivity index (χ4v) is 4.85. The Kier molecular flexibility index (Phi) is 9.25. The summed E-state index contributed by atoms with van der Waals surface area (Å²) in [4.78, 5) is 8.67. The molecule has 0 bridgehead atoms. The Morgan fingerprint density at radius 1 is 0.667 bits per heavy atom. The molecule has 187 valence electrons. The molecular formula is C32H33IrN3-2. The SMILES string of the molecule is Cc1cc(C)c(N2C=CN(c3c(C)cc(C)cc3C)[CH-]2)c(C)c1.[Ir].[c-]1ccccc1-c1ccccn1. The fraction of sp³-hybridized carbons (Fsp3) is 0.188. The summed E-state index contributed by atoms with van der Waals surface area (Å²) in [6.45, 7) is 15.2. The number of aromatic nitrogens is 1. The minimum absolute atomic E-state index is 0. The first-order valence-corrected chi connectivity index (χ1v) is 12.0. The van der Waals surface area contributed by atoms with Crippen molar-refractivity contribution in [2.45, 2.75) is 41.5 Å². The predicted octanol–water partition coefficient (Wildman–Crippen LogP) is 8.00. The van der Waals surface area contributed by atoms with Gasteiger partial charge in [-0.3, -0.25) is 0 Å². The van der Waals surface area contributed by atoms with Crippen molar-refractivity contribution in [3.63, 3.8) is 0 Å². The predicted molar refractivity (Wildman–Crippen MR) is 148 cm³/mol. The summed E-state index contributed by atoms with van der Waals surface area (Å²) in [7, 11) is 0. The summed E-state index contributed by atoms with van der Waals surface area (Å²) < 4.78 is 0. The van der Waals surface area contributed by atoms with Crippen LogP contribution in [-0.4, -0.2) is 4.98 Å². The van der Waals surface area contributed by atoms with Crippen LogP contribution >= 0.6 is 0 Å². The summed E-state index contributed by atoms with van der Waals surface area (Å²) in [6, 6.07) is 25.8. The molecule has 0 fully saturated rings. The molecule has 3 aromatic carbocycles. The van der Waals surface area contributed by atoms with E-state index < -0.39 is 0 Å². The molecule has 0 saturated carbocycles. The maximum absolute atomic E-state index is 4.22. The van der Waals surface area contributed by atoms with E-state index in [1.807, 2.05) is 42.5 Å². The van der Waals surface area contributed by atoms with E-state index in [1.54, 1.807) is 6.20 Å². The number of hydrogen-bond donors (Lipinski definition) is 0. The van der Waals surface area contributed by atoms with Crippen LogP contribution in [0.4, 0.5) is 11.4 Å². The topological polar surface area (TPSA) is 19.4 Å². The minimum Gasteiger partial charge on any atom is -0.479 e. The number of anilines is 2. The van der Waals surface area contributed by atoms with Crippen molar-refractivity contribution in [1.29, 1.82) is 0 Å². The van der Waals surface area contributed by atoms with Crippen molar-refractivity contribution in [3.05, 3.63) is 131 Å². The van der Waals surface area contributed by atoms with Crippen LogP contribution in [0.5, 0.6) is 0 Å². The molecular weight excluding hydrogens is 619 g/mol. The molecule has 36 heavy (non-hydrogen) atoms. The van der Waals surface area contributed by atoms with Gasteiger partial charge < -0.3 is 14.8 Å². The number of pyridine rings is 1. The molecule has 0 aliphatic carbocycles. The molecule has 1 aliphatic rings. The Bertz CT molecular complexity index is 1180. The molecule has 1 aliphatic heterocycles. The van der Waals surface area contributed by atoms with Crippen LogP contribution in [0, 0.1) is 54.3 Å². The molecule has 3 nitrogen and oxygen atoms in total. The zero-order valence-electron chi connectivity index (χ0n) is 21.8. The van der Waals surface area contributed by atoms with Crippen LogP contribution in [0.15, 0.2) is 85.3 Å². The standard InChI is InChI=1S/C21H25N2.C11H8N.Ir/c1-14-9-16(3)20(17(4)10-14)22-7-8-23(13-22)21-18(5)11-15(2)12-19(21)6;1-2-6-10(7-3-1)11-8-4-5-9-12-11;/h7-13H,1-6H3;1-6,8-9H;/q2*-1;. The van der Waals surface area contributed by atoms with Gasteiger partial charge in [0.1, 0.15) is 0 Å². The third-order valence-corrected chi connectivity index (χ3v) is 6.07. The van der Waals surface area contributed by atoms with Crippen molar-refractivity contribution in [2.24, 2.45) is 0 Å². The Morgan fingerprint density at radius 2 is 1.17 bits per heavy atom. The molecule has 5 rings (SSSR count). The van der Waals surface area contributed by atoms with Crippen LogP contribution in [0.25, 0.3) is 11.3 Å². The van der Waals surface area contributed by atoms with Gasteiger partial charge in [-0.05, 0) is 88.0 Å². The second-order valence-electron chi connectivity index (χ2n) is 9.21. The smallest absolute Gasteiger partial charge is 0.0184 e. The van der Waals surface area contributed by atoms with Gasteiger partial charge in [0, 0.05) is 37.7 Å². The minimum atomic E-state index is 0. The summed E-state index contributed by atoms with van der Waals surface area (Å²) in [5.41, 5.74) is 12.4. The number of benzene rings is 3. The van der Waals surface area contributed by atoms with E-state index in [1.165, 1.54) is 44.8 Å². The van der Waals surface area contributed by atoms with Gasteiger partial charge in [0.15, 0.2) is 0 Å². The molecule has 0 N–H and O–H groups in total. The molecule has 4 heteroatoms. The molecule has 2 heterocycles. The van der Waals surface area contributed by atoms with E-state index in [9.17, 15) is 0 Å². The van der Waals surface area contributed by atoms with E-state index in [0.29, 0.717) is 0 Å². The first kappa shape index (κ1) is 27.4. The summed E-state index contributed by atoms with van der Waals surface area (Å²) in [5, 5.41) is 0. The van der Waals surface area contributed by atoms with Crippen LogP contribution in [-0.2, 0) is 20.1 Å². The van der Waals surface area contributed by atoms with Crippen LogP contribution in [0.3, 0.4) is 0 Å². The average Bonchev–Trinajstić information content (AvgIpc) is 3.28. The van der Waals surface area contributed by atoms with E-state index in [4.69, 9.17) is 0 Å². The zero-order valence-corrected chi connectivity index (χ0v) is 24.2. The summed E-state index contributed by atoms with van der Waals surface area (Å²) >= 11 is 0. The maximum Gasteiger partial charge on any atom is 0.0184 e. The van der Waals surface area contributed by atoms with Gasteiger partial charge in [-0.1, -0.05) is 47.5 Å². The van der Waals surface area contributed by atoms with Crippen molar-refractivity contribution in [3.8, 4) is 11.3 Å².